The summed E-state index contributed by atoms with van der Waals surface area (Å²) in [7, 11) is 0. The molecular formula is C11H18. The van der Waals surface area contributed by atoms with Gasteiger partial charge < -0.3 is 0 Å². The van der Waals surface area contributed by atoms with Gasteiger partial charge in [-0.2, -0.15) is 0 Å². The molecule has 0 nitrogen and oxygen atoms in total. The first-order valence-corrected chi connectivity index (χ1v) is 4.68. The number of allylic oxidation sites excluding steroid dienone is 4. The molecule has 1 rings (SSSR count). The normalized spacial score (nSPS) is 23.4. The highest BCUT2D eigenvalue weighted by atomic mass is 14.3. The predicted molar refractivity (Wildman–Crippen MR) is 50.5 cm³/mol. The fourth-order valence-electron chi connectivity index (χ4n) is 1.57. The van der Waals surface area contributed by atoms with Crippen LogP contribution in [0.2, 0.25) is 0 Å². The van der Waals surface area contributed by atoms with Crippen LogP contribution < -0.4 is 0 Å². The Kier molecular flexibility index (Phi) is 2.92. The molecule has 0 heterocycles. The summed E-state index contributed by atoms with van der Waals surface area (Å²) in [4.78, 5) is 0. The summed E-state index contributed by atoms with van der Waals surface area (Å²) >= 11 is 0. The zero-order valence-electron chi connectivity index (χ0n) is 7.85. The Labute approximate surface area is 70.0 Å². The van der Waals surface area contributed by atoms with Crippen LogP contribution in [0.5, 0.6) is 0 Å². The molecule has 0 radical (unpaired) electrons. The molecule has 1 aliphatic rings. The van der Waals surface area contributed by atoms with Crippen molar-refractivity contribution < 1.29 is 0 Å². The molecule has 0 saturated heterocycles. The quantitative estimate of drug-likeness (QED) is 0.573. The number of unbranched alkanes of at least 4 members (excludes halogenated alkanes) is 1. The summed E-state index contributed by atoms with van der Waals surface area (Å²) in [5.41, 5.74) is 3.21. The standard InChI is InChI=1S/C11H18/c1-4-6-7-8-11-9(3)10(11)5-2/h7-8,10H,4-6H2,1-3H3. The minimum Gasteiger partial charge on any atom is -0.0843 e. The predicted octanol–water partition coefficient (Wildman–Crippen LogP) is 3.70. The molecule has 1 unspecified atom stereocenters. The van der Waals surface area contributed by atoms with Gasteiger partial charge in [-0.1, -0.05) is 38.0 Å². The van der Waals surface area contributed by atoms with Gasteiger partial charge in [-0.15, -0.1) is 0 Å². The highest BCUT2D eigenvalue weighted by molar-refractivity contribution is 5.46. The second kappa shape index (κ2) is 3.75. The van der Waals surface area contributed by atoms with Crippen molar-refractivity contribution in [3.05, 3.63) is 23.3 Å². The molecule has 0 N–H and O–H groups in total. The molecule has 1 aliphatic carbocycles. The van der Waals surface area contributed by atoms with Crippen molar-refractivity contribution in [2.24, 2.45) is 5.92 Å². The fraction of sp³-hybridized carbons (Fsp3) is 0.636. The van der Waals surface area contributed by atoms with Crippen LogP contribution >= 0.6 is 0 Å². The van der Waals surface area contributed by atoms with E-state index in [1.54, 1.807) is 11.1 Å². The van der Waals surface area contributed by atoms with Gasteiger partial charge >= 0.3 is 0 Å². The van der Waals surface area contributed by atoms with Crippen LogP contribution in [-0.4, -0.2) is 0 Å². The monoisotopic (exact) mass is 150 g/mol. The van der Waals surface area contributed by atoms with E-state index < -0.39 is 0 Å². The summed E-state index contributed by atoms with van der Waals surface area (Å²) in [5.74, 6) is 0.836. The molecule has 0 aromatic carbocycles. The molecule has 0 heteroatoms. The van der Waals surface area contributed by atoms with Crippen LogP contribution in [-0.2, 0) is 0 Å². The first-order valence-electron chi connectivity index (χ1n) is 4.68. The Balaban J connectivity index is 2.29. The van der Waals surface area contributed by atoms with Crippen molar-refractivity contribution in [3.63, 3.8) is 0 Å². The van der Waals surface area contributed by atoms with Gasteiger partial charge in [0.05, 0.1) is 0 Å². The van der Waals surface area contributed by atoms with Gasteiger partial charge in [0, 0.05) is 5.92 Å². The smallest absolute Gasteiger partial charge is 0.00483 e. The van der Waals surface area contributed by atoms with E-state index in [1.165, 1.54) is 19.3 Å². The first kappa shape index (κ1) is 8.58. The minimum atomic E-state index is 0.836. The largest absolute Gasteiger partial charge is 0.0843 e. The summed E-state index contributed by atoms with van der Waals surface area (Å²) in [6, 6.07) is 0. The third-order valence-electron chi connectivity index (χ3n) is 2.43. The van der Waals surface area contributed by atoms with Gasteiger partial charge in [0.2, 0.25) is 0 Å². The van der Waals surface area contributed by atoms with Gasteiger partial charge in [-0.3, -0.25) is 0 Å². The molecular weight excluding hydrogens is 132 g/mol. The Hall–Kier alpha value is -0.520. The SMILES string of the molecule is CCCC=CC1=C(C)C1CC. The molecule has 0 spiro atoms. The molecule has 0 fully saturated rings. The zero-order chi connectivity index (χ0) is 8.27. The van der Waals surface area contributed by atoms with E-state index in [0.29, 0.717) is 0 Å². The maximum absolute atomic E-state index is 2.31. The molecule has 0 aliphatic heterocycles. The second-order valence-electron chi connectivity index (χ2n) is 3.29. The van der Waals surface area contributed by atoms with Crippen molar-refractivity contribution in [3.8, 4) is 0 Å². The average Bonchev–Trinajstić information content (AvgIpc) is 2.62. The van der Waals surface area contributed by atoms with Gasteiger partial charge in [0.1, 0.15) is 0 Å². The average molecular weight is 150 g/mol. The van der Waals surface area contributed by atoms with Gasteiger partial charge in [0.25, 0.3) is 0 Å². The van der Waals surface area contributed by atoms with Gasteiger partial charge in [-0.05, 0) is 25.3 Å². The van der Waals surface area contributed by atoms with Crippen molar-refractivity contribution in [1.82, 2.24) is 0 Å². The highest BCUT2D eigenvalue weighted by Gasteiger charge is 2.27. The first-order chi connectivity index (χ1) is 5.31. The second-order valence-corrected chi connectivity index (χ2v) is 3.29. The van der Waals surface area contributed by atoms with E-state index in [1.807, 2.05) is 0 Å². The Bertz CT molecular complexity index is 184. The molecule has 0 aromatic heterocycles. The van der Waals surface area contributed by atoms with Crippen LogP contribution in [0.1, 0.15) is 40.0 Å². The number of hydrogen-bond donors (Lipinski definition) is 0. The highest BCUT2D eigenvalue weighted by Crippen LogP contribution is 2.42. The fourth-order valence-corrected chi connectivity index (χ4v) is 1.57. The van der Waals surface area contributed by atoms with E-state index in [0.717, 1.165) is 5.92 Å². The van der Waals surface area contributed by atoms with E-state index in [2.05, 4.69) is 32.9 Å². The lowest BCUT2D eigenvalue weighted by Crippen LogP contribution is -1.75. The summed E-state index contributed by atoms with van der Waals surface area (Å²) in [5, 5.41) is 0. The maximum atomic E-state index is 2.31. The van der Waals surface area contributed by atoms with E-state index in [9.17, 15) is 0 Å². The van der Waals surface area contributed by atoms with Crippen molar-refractivity contribution >= 4 is 0 Å². The van der Waals surface area contributed by atoms with E-state index in [-0.39, 0.29) is 0 Å². The lowest BCUT2D eigenvalue weighted by atomic mass is 10.2. The molecule has 1 atom stereocenters. The van der Waals surface area contributed by atoms with Crippen molar-refractivity contribution in [1.29, 1.82) is 0 Å². The van der Waals surface area contributed by atoms with Gasteiger partial charge in [0.15, 0.2) is 0 Å². The summed E-state index contributed by atoms with van der Waals surface area (Å²) < 4.78 is 0. The number of rotatable bonds is 4. The van der Waals surface area contributed by atoms with Crippen LogP contribution in [0.25, 0.3) is 0 Å². The third-order valence-corrected chi connectivity index (χ3v) is 2.43. The maximum Gasteiger partial charge on any atom is 0.00483 e. The summed E-state index contributed by atoms with van der Waals surface area (Å²) in [6.45, 7) is 6.73. The van der Waals surface area contributed by atoms with Crippen molar-refractivity contribution in [2.45, 2.75) is 40.0 Å². The lowest BCUT2D eigenvalue weighted by molar-refractivity contribution is 0.821. The Morgan fingerprint density at radius 2 is 2.09 bits per heavy atom. The van der Waals surface area contributed by atoms with Gasteiger partial charge in [-0.25, -0.2) is 0 Å². The molecule has 0 saturated carbocycles. The molecule has 0 bridgehead atoms. The van der Waals surface area contributed by atoms with E-state index in [4.69, 9.17) is 0 Å². The van der Waals surface area contributed by atoms with E-state index >= 15 is 0 Å². The Morgan fingerprint density at radius 3 is 2.55 bits per heavy atom. The molecule has 0 aromatic rings. The summed E-state index contributed by atoms with van der Waals surface area (Å²) in [6.07, 6.45) is 8.39. The zero-order valence-corrected chi connectivity index (χ0v) is 7.85. The third kappa shape index (κ3) is 1.95. The van der Waals surface area contributed by atoms with Crippen molar-refractivity contribution in [2.75, 3.05) is 0 Å². The minimum absolute atomic E-state index is 0.836. The van der Waals surface area contributed by atoms with Crippen LogP contribution in [0.15, 0.2) is 23.3 Å². The lowest BCUT2D eigenvalue weighted by Gasteiger charge is -1.88. The molecule has 62 valence electrons. The van der Waals surface area contributed by atoms with Crippen LogP contribution in [0, 0.1) is 5.92 Å². The van der Waals surface area contributed by atoms with Crippen LogP contribution in [0.4, 0.5) is 0 Å². The topological polar surface area (TPSA) is 0 Å². The number of hydrogen-bond acceptors (Lipinski definition) is 0. The molecule has 11 heavy (non-hydrogen) atoms. The van der Waals surface area contributed by atoms with Crippen LogP contribution in [0.3, 0.4) is 0 Å². The molecule has 0 amide bonds. The Morgan fingerprint density at radius 1 is 1.36 bits per heavy atom.